The van der Waals surface area contributed by atoms with E-state index in [-0.39, 0.29) is 5.91 Å². The zero-order chi connectivity index (χ0) is 14.5. The molecule has 1 aromatic heterocycles. The molecule has 1 aromatic carbocycles. The summed E-state index contributed by atoms with van der Waals surface area (Å²) in [4.78, 5) is 12.2. The number of nitrogens with zero attached hydrogens (tertiary/aromatic N) is 2. The van der Waals surface area contributed by atoms with Crippen molar-refractivity contribution in [3.63, 3.8) is 0 Å². The Balaban J connectivity index is 2.04. The lowest BCUT2D eigenvalue weighted by Gasteiger charge is -2.08. The van der Waals surface area contributed by atoms with E-state index in [1.807, 2.05) is 38.1 Å². The van der Waals surface area contributed by atoms with Crippen molar-refractivity contribution in [2.24, 2.45) is 0 Å². The molecule has 0 unspecified atom stereocenters. The first-order valence-corrected chi connectivity index (χ1v) is 6.59. The predicted molar refractivity (Wildman–Crippen MR) is 76.8 cm³/mol. The monoisotopic (exact) mass is 273 g/mol. The number of carbonyl (C=O) groups is 1. The van der Waals surface area contributed by atoms with Gasteiger partial charge in [0.05, 0.1) is 12.8 Å². The summed E-state index contributed by atoms with van der Waals surface area (Å²) >= 11 is 0. The quantitative estimate of drug-likeness (QED) is 0.908. The maximum Gasteiger partial charge on any atom is 0.269 e. The number of benzene rings is 1. The number of hydrogen-bond donors (Lipinski definition) is 1. The van der Waals surface area contributed by atoms with Gasteiger partial charge in [0.15, 0.2) is 0 Å². The van der Waals surface area contributed by atoms with Gasteiger partial charge in [-0.1, -0.05) is 12.1 Å². The molecule has 0 fully saturated rings. The first-order chi connectivity index (χ1) is 9.63. The van der Waals surface area contributed by atoms with E-state index in [0.717, 1.165) is 17.0 Å². The van der Waals surface area contributed by atoms with Gasteiger partial charge in [0.1, 0.15) is 11.4 Å². The van der Waals surface area contributed by atoms with Crippen LogP contribution in [0.25, 0.3) is 0 Å². The number of methoxy groups -OCH3 is 1. The van der Waals surface area contributed by atoms with Gasteiger partial charge in [-0.15, -0.1) is 0 Å². The van der Waals surface area contributed by atoms with E-state index in [9.17, 15) is 4.79 Å². The maximum absolute atomic E-state index is 12.2. The lowest BCUT2D eigenvalue weighted by Crippen LogP contribution is -2.25. The van der Waals surface area contributed by atoms with Gasteiger partial charge in [-0.25, -0.2) is 0 Å². The van der Waals surface area contributed by atoms with Gasteiger partial charge < -0.3 is 10.1 Å². The Morgan fingerprint density at radius 2 is 2.20 bits per heavy atom. The zero-order valence-electron chi connectivity index (χ0n) is 12.0. The summed E-state index contributed by atoms with van der Waals surface area (Å²) in [5.41, 5.74) is 2.43. The van der Waals surface area contributed by atoms with Gasteiger partial charge >= 0.3 is 0 Å². The fourth-order valence-electron chi connectivity index (χ4n) is 2.02. The minimum atomic E-state index is -0.115. The van der Waals surface area contributed by atoms with E-state index in [1.54, 1.807) is 17.9 Å². The standard InChI is InChI=1S/C15H19N3O2/c1-4-18-14(8-11(2)17-18)15(19)16-10-12-6-5-7-13(9-12)20-3/h5-9H,4,10H2,1-3H3,(H,16,19). The number of nitrogens with one attached hydrogen (secondary N) is 1. The van der Waals surface area contributed by atoms with E-state index >= 15 is 0 Å². The van der Waals surface area contributed by atoms with E-state index in [0.29, 0.717) is 18.8 Å². The van der Waals surface area contributed by atoms with Crippen LogP contribution in [0, 0.1) is 6.92 Å². The molecule has 5 nitrogen and oxygen atoms in total. The van der Waals surface area contributed by atoms with E-state index < -0.39 is 0 Å². The zero-order valence-corrected chi connectivity index (χ0v) is 12.0. The third-order valence-electron chi connectivity index (χ3n) is 3.02. The number of ether oxygens (including phenoxy) is 1. The maximum atomic E-state index is 12.2. The van der Waals surface area contributed by atoms with E-state index in [4.69, 9.17) is 4.74 Å². The average Bonchev–Trinajstić information content (AvgIpc) is 2.86. The fraction of sp³-hybridized carbons (Fsp3) is 0.333. The molecular weight excluding hydrogens is 254 g/mol. The van der Waals surface area contributed by atoms with Gasteiger partial charge in [0, 0.05) is 13.1 Å². The molecule has 0 radical (unpaired) electrons. The number of hydrogen-bond acceptors (Lipinski definition) is 3. The van der Waals surface area contributed by atoms with Gasteiger partial charge in [0.25, 0.3) is 5.91 Å². The van der Waals surface area contributed by atoms with Gasteiger partial charge in [-0.05, 0) is 37.6 Å². The average molecular weight is 273 g/mol. The minimum absolute atomic E-state index is 0.115. The van der Waals surface area contributed by atoms with E-state index in [1.165, 1.54) is 0 Å². The van der Waals surface area contributed by atoms with Crippen molar-refractivity contribution in [2.45, 2.75) is 26.9 Å². The van der Waals surface area contributed by atoms with Crippen molar-refractivity contribution < 1.29 is 9.53 Å². The molecule has 0 spiro atoms. The predicted octanol–water partition coefficient (Wildman–Crippen LogP) is 2.15. The second-order valence-electron chi connectivity index (χ2n) is 4.52. The van der Waals surface area contributed by atoms with Crippen LogP contribution in [-0.4, -0.2) is 22.8 Å². The Hall–Kier alpha value is -2.30. The van der Waals surface area contributed by atoms with Crippen LogP contribution < -0.4 is 10.1 Å². The van der Waals surface area contributed by atoms with Crippen molar-refractivity contribution in [1.29, 1.82) is 0 Å². The Morgan fingerprint density at radius 3 is 2.90 bits per heavy atom. The summed E-state index contributed by atoms with van der Waals surface area (Å²) in [6, 6.07) is 9.43. The SMILES string of the molecule is CCn1nc(C)cc1C(=O)NCc1cccc(OC)c1. The molecule has 1 amide bonds. The summed E-state index contributed by atoms with van der Waals surface area (Å²) in [5.74, 6) is 0.668. The highest BCUT2D eigenvalue weighted by Crippen LogP contribution is 2.12. The van der Waals surface area contributed by atoms with Crippen LogP contribution >= 0.6 is 0 Å². The Kier molecular flexibility index (Phi) is 4.40. The molecule has 20 heavy (non-hydrogen) atoms. The first kappa shape index (κ1) is 14.1. The third-order valence-corrected chi connectivity index (χ3v) is 3.02. The van der Waals surface area contributed by atoms with Crippen molar-refractivity contribution in [3.05, 3.63) is 47.3 Å². The lowest BCUT2D eigenvalue weighted by molar-refractivity contribution is 0.0940. The van der Waals surface area contributed by atoms with Crippen LogP contribution in [-0.2, 0) is 13.1 Å². The lowest BCUT2D eigenvalue weighted by atomic mass is 10.2. The van der Waals surface area contributed by atoms with Crippen LogP contribution in [0.5, 0.6) is 5.75 Å². The van der Waals surface area contributed by atoms with E-state index in [2.05, 4.69) is 10.4 Å². The van der Waals surface area contributed by atoms with Crippen molar-refractivity contribution in [2.75, 3.05) is 7.11 Å². The first-order valence-electron chi connectivity index (χ1n) is 6.59. The Bertz CT molecular complexity index is 605. The number of amides is 1. The molecule has 0 bridgehead atoms. The molecule has 5 heteroatoms. The second-order valence-corrected chi connectivity index (χ2v) is 4.52. The molecule has 1 N–H and O–H groups in total. The number of carbonyl (C=O) groups excluding carboxylic acids is 1. The summed E-state index contributed by atoms with van der Waals surface area (Å²) in [5, 5.41) is 7.17. The topological polar surface area (TPSA) is 56.2 Å². The molecule has 0 atom stereocenters. The van der Waals surface area contributed by atoms with Crippen molar-refractivity contribution in [1.82, 2.24) is 15.1 Å². The second kappa shape index (κ2) is 6.23. The smallest absolute Gasteiger partial charge is 0.269 e. The summed E-state index contributed by atoms with van der Waals surface area (Å²) in [7, 11) is 1.63. The number of aryl methyl sites for hydroxylation is 2. The van der Waals surface area contributed by atoms with Gasteiger partial charge in [0.2, 0.25) is 0 Å². The molecule has 106 valence electrons. The molecular formula is C15H19N3O2. The fourth-order valence-corrected chi connectivity index (χ4v) is 2.02. The van der Waals surface area contributed by atoms with Gasteiger partial charge in [-0.3, -0.25) is 9.48 Å². The Labute approximate surface area is 118 Å². The molecule has 2 rings (SSSR count). The summed E-state index contributed by atoms with van der Waals surface area (Å²) in [6.45, 7) is 4.98. The molecule has 0 aliphatic rings. The van der Waals surface area contributed by atoms with Crippen LogP contribution in [0.1, 0.15) is 28.7 Å². The molecule has 0 saturated carbocycles. The minimum Gasteiger partial charge on any atom is -0.497 e. The normalized spacial score (nSPS) is 10.3. The third kappa shape index (κ3) is 3.17. The van der Waals surface area contributed by atoms with Crippen LogP contribution in [0.15, 0.2) is 30.3 Å². The molecule has 1 heterocycles. The largest absolute Gasteiger partial charge is 0.497 e. The van der Waals surface area contributed by atoms with Crippen LogP contribution in [0.4, 0.5) is 0 Å². The molecule has 0 aliphatic heterocycles. The van der Waals surface area contributed by atoms with Crippen molar-refractivity contribution >= 4 is 5.91 Å². The van der Waals surface area contributed by atoms with Crippen molar-refractivity contribution in [3.8, 4) is 5.75 Å². The highest BCUT2D eigenvalue weighted by Gasteiger charge is 2.12. The number of rotatable bonds is 5. The molecule has 0 saturated heterocycles. The Morgan fingerprint density at radius 1 is 1.40 bits per heavy atom. The highest BCUT2D eigenvalue weighted by atomic mass is 16.5. The number of aromatic nitrogens is 2. The summed E-state index contributed by atoms with van der Waals surface area (Å²) in [6.07, 6.45) is 0. The van der Waals surface area contributed by atoms with Gasteiger partial charge in [-0.2, -0.15) is 5.10 Å². The molecule has 2 aromatic rings. The summed E-state index contributed by atoms with van der Waals surface area (Å²) < 4.78 is 6.86. The highest BCUT2D eigenvalue weighted by molar-refractivity contribution is 5.92. The molecule has 0 aliphatic carbocycles. The van der Waals surface area contributed by atoms with Crippen LogP contribution in [0.3, 0.4) is 0 Å². The van der Waals surface area contributed by atoms with Crippen LogP contribution in [0.2, 0.25) is 0 Å².